The molecule has 0 saturated heterocycles. The van der Waals surface area contributed by atoms with Gasteiger partial charge in [0.1, 0.15) is 6.04 Å². The Balaban J connectivity index is 2.12. The summed E-state index contributed by atoms with van der Waals surface area (Å²) in [7, 11) is 0. The third kappa shape index (κ3) is 1.87. The molecule has 15 heavy (non-hydrogen) atoms. The lowest BCUT2D eigenvalue weighted by Crippen LogP contribution is -2.33. The molecule has 0 aromatic heterocycles. The molecule has 1 saturated carbocycles. The SMILES string of the molecule is N[C@H](C(=O)O)[C@H]1[C@@H](S)[C@H]1c1ccccc1. The minimum absolute atomic E-state index is 0.0479. The van der Waals surface area contributed by atoms with Crippen LogP contribution in [-0.4, -0.2) is 22.4 Å². The molecule has 1 aliphatic rings. The number of carboxylic acids is 1. The van der Waals surface area contributed by atoms with Gasteiger partial charge in [-0.1, -0.05) is 30.3 Å². The monoisotopic (exact) mass is 223 g/mol. The average Bonchev–Trinajstić information content (AvgIpc) is 2.90. The fourth-order valence-corrected chi connectivity index (χ4v) is 2.66. The summed E-state index contributed by atoms with van der Waals surface area (Å²) in [5, 5.41) is 8.88. The lowest BCUT2D eigenvalue weighted by atomic mass is 10.1. The van der Waals surface area contributed by atoms with Crippen LogP contribution in [0.4, 0.5) is 0 Å². The molecule has 1 fully saturated rings. The third-order valence-electron chi connectivity index (χ3n) is 2.92. The van der Waals surface area contributed by atoms with Gasteiger partial charge in [-0.05, 0) is 5.56 Å². The molecule has 3 N–H and O–H groups in total. The molecule has 1 aromatic carbocycles. The van der Waals surface area contributed by atoms with E-state index in [9.17, 15) is 4.79 Å². The van der Waals surface area contributed by atoms with Gasteiger partial charge in [-0.3, -0.25) is 4.79 Å². The van der Waals surface area contributed by atoms with Crippen LogP contribution in [0, 0.1) is 5.92 Å². The maximum absolute atomic E-state index is 10.7. The first kappa shape index (κ1) is 10.5. The number of rotatable bonds is 3. The number of aliphatic carboxylic acids is 1. The van der Waals surface area contributed by atoms with E-state index in [1.165, 1.54) is 0 Å². The number of carboxylic acid groups (broad SMARTS) is 1. The quantitative estimate of drug-likeness (QED) is 0.673. The molecule has 0 heterocycles. The summed E-state index contributed by atoms with van der Waals surface area (Å²) < 4.78 is 0. The van der Waals surface area contributed by atoms with Crippen LogP contribution in [0.25, 0.3) is 0 Å². The van der Waals surface area contributed by atoms with Gasteiger partial charge in [0.25, 0.3) is 0 Å². The van der Waals surface area contributed by atoms with Gasteiger partial charge in [0.05, 0.1) is 0 Å². The van der Waals surface area contributed by atoms with E-state index in [4.69, 9.17) is 10.8 Å². The normalized spacial score (nSPS) is 30.9. The molecule has 0 amide bonds. The Morgan fingerprint density at radius 2 is 2.00 bits per heavy atom. The van der Waals surface area contributed by atoms with Crippen molar-refractivity contribution in [1.82, 2.24) is 0 Å². The highest BCUT2D eigenvalue weighted by atomic mass is 32.1. The van der Waals surface area contributed by atoms with Crippen LogP contribution < -0.4 is 5.73 Å². The molecule has 4 atom stereocenters. The van der Waals surface area contributed by atoms with E-state index >= 15 is 0 Å². The van der Waals surface area contributed by atoms with Crippen molar-refractivity contribution in [2.75, 3.05) is 0 Å². The number of carbonyl (C=O) groups is 1. The number of hydrogen-bond donors (Lipinski definition) is 3. The van der Waals surface area contributed by atoms with E-state index in [0.29, 0.717) is 0 Å². The lowest BCUT2D eigenvalue weighted by molar-refractivity contribution is -0.139. The highest BCUT2D eigenvalue weighted by Gasteiger charge is 2.53. The van der Waals surface area contributed by atoms with Crippen molar-refractivity contribution in [1.29, 1.82) is 0 Å². The summed E-state index contributed by atoms with van der Waals surface area (Å²) in [6.07, 6.45) is 0. The Morgan fingerprint density at radius 3 is 2.53 bits per heavy atom. The maximum Gasteiger partial charge on any atom is 0.320 e. The molecular weight excluding hydrogens is 210 g/mol. The van der Waals surface area contributed by atoms with Gasteiger partial charge in [-0.15, -0.1) is 0 Å². The Hall–Kier alpha value is -1.00. The van der Waals surface area contributed by atoms with Gasteiger partial charge in [0.15, 0.2) is 0 Å². The summed E-state index contributed by atoms with van der Waals surface area (Å²) in [6, 6.07) is 8.99. The minimum Gasteiger partial charge on any atom is -0.480 e. The molecule has 80 valence electrons. The van der Waals surface area contributed by atoms with Crippen molar-refractivity contribution in [2.45, 2.75) is 17.2 Å². The van der Waals surface area contributed by atoms with Crippen molar-refractivity contribution in [2.24, 2.45) is 11.7 Å². The lowest BCUT2D eigenvalue weighted by Gasteiger charge is -2.04. The van der Waals surface area contributed by atoms with Crippen molar-refractivity contribution >= 4 is 18.6 Å². The Kier molecular flexibility index (Phi) is 2.71. The fourth-order valence-electron chi connectivity index (χ4n) is 2.01. The second kappa shape index (κ2) is 3.87. The van der Waals surface area contributed by atoms with E-state index in [0.717, 1.165) is 5.56 Å². The molecule has 2 rings (SSSR count). The number of benzene rings is 1. The van der Waals surface area contributed by atoms with Crippen LogP contribution in [0.5, 0.6) is 0 Å². The van der Waals surface area contributed by atoms with E-state index in [2.05, 4.69) is 12.6 Å². The van der Waals surface area contributed by atoms with Crippen LogP contribution in [0.2, 0.25) is 0 Å². The summed E-state index contributed by atoms with van der Waals surface area (Å²) in [5.41, 5.74) is 6.72. The van der Waals surface area contributed by atoms with E-state index in [1.54, 1.807) is 0 Å². The Labute approximate surface area is 93.7 Å². The maximum atomic E-state index is 10.7. The van der Waals surface area contributed by atoms with Crippen LogP contribution >= 0.6 is 12.6 Å². The van der Waals surface area contributed by atoms with Gasteiger partial charge in [-0.25, -0.2) is 0 Å². The van der Waals surface area contributed by atoms with Crippen LogP contribution in [0.1, 0.15) is 11.5 Å². The van der Waals surface area contributed by atoms with Gasteiger partial charge in [0.2, 0.25) is 0 Å². The van der Waals surface area contributed by atoms with E-state index in [-0.39, 0.29) is 17.1 Å². The van der Waals surface area contributed by atoms with Crippen molar-refractivity contribution in [3.63, 3.8) is 0 Å². The molecule has 4 heteroatoms. The minimum atomic E-state index is -0.947. The van der Waals surface area contributed by atoms with Gasteiger partial charge < -0.3 is 10.8 Å². The first-order valence-corrected chi connectivity index (χ1v) is 5.36. The predicted octanol–water partition coefficient (Wildman–Crippen LogP) is 1.11. The molecule has 0 spiro atoms. The molecule has 0 aliphatic heterocycles. The van der Waals surface area contributed by atoms with E-state index in [1.807, 2.05) is 30.3 Å². The molecule has 0 radical (unpaired) electrons. The molecule has 3 nitrogen and oxygen atoms in total. The zero-order valence-electron chi connectivity index (χ0n) is 8.08. The third-order valence-corrected chi connectivity index (χ3v) is 3.59. The predicted molar refractivity (Wildman–Crippen MR) is 61.1 cm³/mol. The highest BCUT2D eigenvalue weighted by molar-refractivity contribution is 7.81. The molecule has 0 bridgehead atoms. The Bertz CT molecular complexity index is 368. The van der Waals surface area contributed by atoms with Crippen LogP contribution in [0.15, 0.2) is 30.3 Å². The van der Waals surface area contributed by atoms with Gasteiger partial charge in [0, 0.05) is 17.1 Å². The fraction of sp³-hybridized carbons (Fsp3) is 0.364. The number of nitrogens with two attached hydrogens (primary N) is 1. The summed E-state index contributed by atoms with van der Waals surface area (Å²) in [4.78, 5) is 10.7. The number of hydrogen-bond acceptors (Lipinski definition) is 3. The number of thiol groups is 1. The standard InChI is InChI=1S/C11H13NO2S/c12-9(11(13)14)8-7(10(8)15)6-4-2-1-3-5-6/h1-5,7-10,15H,12H2,(H,13,14)/t7-,8-,9-,10-/m0/s1. The summed E-state index contributed by atoms with van der Waals surface area (Å²) >= 11 is 4.37. The largest absolute Gasteiger partial charge is 0.480 e. The van der Waals surface area contributed by atoms with Gasteiger partial charge in [-0.2, -0.15) is 12.6 Å². The Morgan fingerprint density at radius 1 is 1.40 bits per heavy atom. The first-order chi connectivity index (χ1) is 7.13. The van der Waals surface area contributed by atoms with E-state index < -0.39 is 12.0 Å². The molecular formula is C11H13NO2S. The van der Waals surface area contributed by atoms with Crippen LogP contribution in [0.3, 0.4) is 0 Å². The molecule has 1 aliphatic carbocycles. The second-order valence-corrected chi connectivity index (χ2v) is 4.46. The summed E-state index contributed by atoms with van der Waals surface area (Å²) in [5.74, 6) is -0.814. The zero-order valence-corrected chi connectivity index (χ0v) is 8.97. The van der Waals surface area contributed by atoms with Crippen molar-refractivity contribution < 1.29 is 9.90 Å². The smallest absolute Gasteiger partial charge is 0.320 e. The average molecular weight is 223 g/mol. The zero-order chi connectivity index (χ0) is 11.0. The van der Waals surface area contributed by atoms with Crippen LogP contribution in [-0.2, 0) is 4.79 Å². The molecule has 0 unspecified atom stereocenters. The van der Waals surface area contributed by atoms with Gasteiger partial charge >= 0.3 is 5.97 Å². The first-order valence-electron chi connectivity index (χ1n) is 4.84. The second-order valence-electron chi connectivity index (χ2n) is 3.87. The van der Waals surface area contributed by atoms with Crippen molar-refractivity contribution in [3.8, 4) is 0 Å². The molecule has 1 aromatic rings. The topological polar surface area (TPSA) is 63.3 Å². The highest BCUT2D eigenvalue weighted by Crippen LogP contribution is 2.52. The summed E-state index contributed by atoms with van der Waals surface area (Å²) in [6.45, 7) is 0. The van der Waals surface area contributed by atoms with Crippen molar-refractivity contribution in [3.05, 3.63) is 35.9 Å².